The Morgan fingerprint density at radius 1 is 1.11 bits per heavy atom. The molecule has 0 aliphatic heterocycles. The minimum absolute atomic E-state index is 0.0853. The van der Waals surface area contributed by atoms with Crippen LogP contribution in [0.4, 0.5) is 0 Å². The van der Waals surface area contributed by atoms with Crippen LogP contribution in [0, 0.1) is 19.3 Å². The van der Waals surface area contributed by atoms with Crippen molar-refractivity contribution >= 4 is 5.91 Å². The Kier molecular flexibility index (Phi) is 4.52. The summed E-state index contributed by atoms with van der Waals surface area (Å²) in [6, 6.07) is 6.05. The third-order valence-electron chi connectivity index (χ3n) is 3.19. The molecule has 0 bridgehead atoms. The lowest BCUT2D eigenvalue weighted by atomic mass is 9.89. The molecule has 1 rings (SSSR count). The van der Waals surface area contributed by atoms with E-state index in [9.17, 15) is 4.79 Å². The second kappa shape index (κ2) is 5.53. The van der Waals surface area contributed by atoms with E-state index in [2.05, 4.69) is 44.6 Å². The van der Waals surface area contributed by atoms with E-state index in [0.717, 1.165) is 11.1 Å². The summed E-state index contributed by atoms with van der Waals surface area (Å²) in [4.78, 5) is 12.0. The first-order valence-corrected chi connectivity index (χ1v) is 6.34. The van der Waals surface area contributed by atoms with Crippen molar-refractivity contribution in [1.82, 2.24) is 10.9 Å². The smallest absolute Gasteiger partial charge is 0.265 e. The molecule has 1 aromatic rings. The van der Waals surface area contributed by atoms with E-state index in [1.807, 2.05) is 26.0 Å². The molecule has 3 heteroatoms. The van der Waals surface area contributed by atoms with Gasteiger partial charge in [-0.25, -0.2) is 5.43 Å². The van der Waals surface area contributed by atoms with E-state index in [-0.39, 0.29) is 17.4 Å². The molecule has 0 heterocycles. The normalized spacial score (nSPS) is 13.2. The molecule has 0 fully saturated rings. The van der Waals surface area contributed by atoms with Crippen molar-refractivity contribution in [1.29, 1.82) is 0 Å². The van der Waals surface area contributed by atoms with Crippen molar-refractivity contribution in [2.75, 3.05) is 0 Å². The first-order chi connectivity index (χ1) is 8.20. The summed E-state index contributed by atoms with van der Waals surface area (Å²) in [5.74, 6) is -0.0853. The molecule has 1 unspecified atom stereocenters. The second-order valence-corrected chi connectivity index (χ2v) is 6.06. The minimum atomic E-state index is -0.0853. The Hall–Kier alpha value is -1.35. The van der Waals surface area contributed by atoms with Crippen molar-refractivity contribution < 1.29 is 4.79 Å². The molecule has 3 nitrogen and oxygen atoms in total. The average molecular weight is 248 g/mol. The van der Waals surface area contributed by atoms with Gasteiger partial charge in [-0.1, -0.05) is 38.0 Å². The average Bonchev–Trinajstić information content (AvgIpc) is 2.22. The van der Waals surface area contributed by atoms with Gasteiger partial charge in [0.05, 0.1) is 0 Å². The second-order valence-electron chi connectivity index (χ2n) is 6.06. The zero-order valence-electron chi connectivity index (χ0n) is 12.2. The van der Waals surface area contributed by atoms with E-state index in [0.29, 0.717) is 5.56 Å². The third kappa shape index (κ3) is 4.15. The number of nitrogens with one attached hydrogen (secondary N) is 2. The Bertz CT molecular complexity index is 412. The summed E-state index contributed by atoms with van der Waals surface area (Å²) in [5.41, 5.74) is 8.84. The molecule has 0 aliphatic carbocycles. The molecule has 1 aromatic carbocycles. The monoisotopic (exact) mass is 248 g/mol. The van der Waals surface area contributed by atoms with Gasteiger partial charge in [-0.15, -0.1) is 0 Å². The molecule has 0 saturated heterocycles. The van der Waals surface area contributed by atoms with E-state index in [4.69, 9.17) is 0 Å². The van der Waals surface area contributed by atoms with Crippen LogP contribution < -0.4 is 10.9 Å². The van der Waals surface area contributed by atoms with Crippen LogP contribution in [0.3, 0.4) is 0 Å². The highest BCUT2D eigenvalue weighted by molar-refractivity contribution is 5.94. The fraction of sp³-hybridized carbons (Fsp3) is 0.533. The van der Waals surface area contributed by atoms with Gasteiger partial charge in [0.25, 0.3) is 5.91 Å². The molecule has 0 radical (unpaired) electrons. The highest BCUT2D eigenvalue weighted by Gasteiger charge is 2.20. The van der Waals surface area contributed by atoms with Gasteiger partial charge in [-0.05, 0) is 38.3 Å². The van der Waals surface area contributed by atoms with Crippen molar-refractivity contribution in [3.05, 3.63) is 34.9 Å². The number of carbonyl (C=O) groups is 1. The van der Waals surface area contributed by atoms with Crippen molar-refractivity contribution in [2.45, 2.75) is 47.6 Å². The van der Waals surface area contributed by atoms with Crippen LogP contribution in [-0.2, 0) is 0 Å². The number of amides is 1. The van der Waals surface area contributed by atoms with Crippen molar-refractivity contribution in [3.63, 3.8) is 0 Å². The van der Waals surface area contributed by atoms with Crippen LogP contribution in [0.5, 0.6) is 0 Å². The molecule has 0 spiro atoms. The highest BCUT2D eigenvalue weighted by Crippen LogP contribution is 2.17. The minimum Gasteiger partial charge on any atom is -0.287 e. The topological polar surface area (TPSA) is 41.1 Å². The summed E-state index contributed by atoms with van der Waals surface area (Å²) < 4.78 is 0. The highest BCUT2D eigenvalue weighted by atomic mass is 16.2. The number of hydrogen-bond donors (Lipinski definition) is 2. The van der Waals surface area contributed by atoms with Gasteiger partial charge in [0.1, 0.15) is 0 Å². The van der Waals surface area contributed by atoms with Gasteiger partial charge >= 0.3 is 0 Å². The fourth-order valence-electron chi connectivity index (χ4n) is 1.57. The Balaban J connectivity index is 2.66. The Morgan fingerprint density at radius 3 is 2.06 bits per heavy atom. The van der Waals surface area contributed by atoms with Crippen LogP contribution in [0.1, 0.15) is 49.2 Å². The lowest BCUT2D eigenvalue weighted by Crippen LogP contribution is -2.48. The fourth-order valence-corrected chi connectivity index (χ4v) is 1.57. The van der Waals surface area contributed by atoms with Crippen molar-refractivity contribution in [2.24, 2.45) is 5.41 Å². The molecular weight excluding hydrogens is 224 g/mol. The Morgan fingerprint density at radius 2 is 1.61 bits per heavy atom. The van der Waals surface area contributed by atoms with Gasteiger partial charge in [-0.3, -0.25) is 10.2 Å². The summed E-state index contributed by atoms with van der Waals surface area (Å²) >= 11 is 0. The molecule has 100 valence electrons. The predicted molar refractivity (Wildman–Crippen MR) is 75.4 cm³/mol. The van der Waals surface area contributed by atoms with E-state index in [1.165, 1.54) is 0 Å². The molecule has 18 heavy (non-hydrogen) atoms. The van der Waals surface area contributed by atoms with Gasteiger partial charge < -0.3 is 0 Å². The molecule has 1 atom stereocenters. The first kappa shape index (κ1) is 14.7. The number of benzene rings is 1. The number of aryl methyl sites for hydroxylation is 2. The molecule has 2 N–H and O–H groups in total. The Labute approximate surface area is 110 Å². The van der Waals surface area contributed by atoms with E-state index in [1.54, 1.807) is 0 Å². The molecule has 0 aliphatic rings. The summed E-state index contributed by atoms with van der Waals surface area (Å²) in [7, 11) is 0. The number of carbonyl (C=O) groups excluding carboxylic acids is 1. The maximum Gasteiger partial charge on any atom is 0.265 e. The van der Waals surface area contributed by atoms with Crippen LogP contribution in [0.25, 0.3) is 0 Å². The zero-order valence-corrected chi connectivity index (χ0v) is 12.2. The zero-order chi connectivity index (χ0) is 13.9. The molecule has 0 aromatic heterocycles. The van der Waals surface area contributed by atoms with Gasteiger partial charge in [0.2, 0.25) is 0 Å². The summed E-state index contributed by atoms with van der Waals surface area (Å²) in [6.07, 6.45) is 0. The van der Waals surface area contributed by atoms with Gasteiger partial charge in [0, 0.05) is 11.6 Å². The van der Waals surface area contributed by atoms with Crippen LogP contribution in [0.2, 0.25) is 0 Å². The number of hydrogen-bond acceptors (Lipinski definition) is 2. The van der Waals surface area contributed by atoms with Crippen LogP contribution in [-0.4, -0.2) is 11.9 Å². The van der Waals surface area contributed by atoms with E-state index < -0.39 is 0 Å². The molecule has 1 amide bonds. The maximum absolute atomic E-state index is 12.0. The quantitative estimate of drug-likeness (QED) is 0.807. The number of rotatable bonds is 3. The van der Waals surface area contributed by atoms with Crippen LogP contribution >= 0.6 is 0 Å². The van der Waals surface area contributed by atoms with Gasteiger partial charge in [-0.2, -0.15) is 0 Å². The largest absolute Gasteiger partial charge is 0.287 e. The molecular formula is C15H24N2O. The van der Waals surface area contributed by atoms with Crippen LogP contribution in [0.15, 0.2) is 18.2 Å². The maximum atomic E-state index is 12.0. The summed E-state index contributed by atoms with van der Waals surface area (Å²) in [6.45, 7) is 12.4. The number of hydrazine groups is 1. The summed E-state index contributed by atoms with van der Waals surface area (Å²) in [5, 5.41) is 0. The molecule has 0 saturated carbocycles. The third-order valence-corrected chi connectivity index (χ3v) is 3.19. The van der Waals surface area contributed by atoms with E-state index >= 15 is 0 Å². The predicted octanol–water partition coefficient (Wildman–Crippen LogP) is 2.97. The lowest BCUT2D eigenvalue weighted by Gasteiger charge is -2.28. The van der Waals surface area contributed by atoms with Crippen molar-refractivity contribution in [3.8, 4) is 0 Å². The standard InChI is InChI=1S/C15H24N2O/c1-10-7-11(2)9-13(8-10)14(18)17-16-12(3)15(4,5)6/h7-9,12,16H,1-6H3,(H,17,18). The first-order valence-electron chi connectivity index (χ1n) is 6.34. The lowest BCUT2D eigenvalue weighted by molar-refractivity contribution is 0.0911. The van der Waals surface area contributed by atoms with Gasteiger partial charge in [0.15, 0.2) is 0 Å². The SMILES string of the molecule is Cc1cc(C)cc(C(=O)NNC(C)C(C)(C)C)c1.